The summed E-state index contributed by atoms with van der Waals surface area (Å²) in [6.45, 7) is 4.14. The van der Waals surface area contributed by atoms with E-state index in [2.05, 4.69) is 16.9 Å². The van der Waals surface area contributed by atoms with Crippen LogP contribution in [0.1, 0.15) is 19.0 Å². The number of nitrogens with zero attached hydrogens (tertiary/aromatic N) is 2. The van der Waals surface area contributed by atoms with Crippen LogP contribution in [0.5, 0.6) is 0 Å². The van der Waals surface area contributed by atoms with Gasteiger partial charge in [0.25, 0.3) is 0 Å². The molecule has 1 unspecified atom stereocenters. The lowest BCUT2D eigenvalue weighted by Crippen LogP contribution is -2.02. The van der Waals surface area contributed by atoms with Crippen LogP contribution in [0.15, 0.2) is 11.1 Å². The number of rotatable bonds is 4. The number of nitrogens with two attached hydrogens (primary N) is 1. The van der Waals surface area contributed by atoms with E-state index in [0.717, 1.165) is 17.1 Å². The first kappa shape index (κ1) is 11.3. The Kier molecular flexibility index (Phi) is 4.16. The van der Waals surface area contributed by atoms with Crippen molar-refractivity contribution in [3.63, 3.8) is 0 Å². The maximum atomic E-state index is 8.75. The molecule has 0 bridgehead atoms. The number of anilines is 1. The summed E-state index contributed by atoms with van der Waals surface area (Å²) in [5.41, 5.74) is 6.40. The number of aryl methyl sites for hydroxylation is 1. The van der Waals surface area contributed by atoms with Crippen molar-refractivity contribution >= 4 is 17.7 Å². The minimum Gasteiger partial charge on any atom is -0.396 e. The third-order valence-electron chi connectivity index (χ3n) is 1.71. The predicted molar refractivity (Wildman–Crippen MR) is 58.2 cm³/mol. The molecule has 1 aromatic rings. The molecule has 0 aromatic carbocycles. The van der Waals surface area contributed by atoms with E-state index in [0.29, 0.717) is 11.2 Å². The van der Waals surface area contributed by atoms with Crippen LogP contribution in [0.2, 0.25) is 0 Å². The summed E-state index contributed by atoms with van der Waals surface area (Å²) < 4.78 is 0. The number of thioether (sulfide) groups is 1. The second-order valence-corrected chi connectivity index (χ2v) is 4.61. The molecule has 0 spiro atoms. The Balaban J connectivity index is 2.66. The van der Waals surface area contributed by atoms with Gasteiger partial charge in [0.1, 0.15) is 5.03 Å². The molecule has 14 heavy (non-hydrogen) atoms. The van der Waals surface area contributed by atoms with Gasteiger partial charge >= 0.3 is 0 Å². The highest BCUT2D eigenvalue weighted by Crippen LogP contribution is 2.23. The summed E-state index contributed by atoms with van der Waals surface area (Å²) in [5.74, 6) is 0.309. The standard InChI is InChI=1S/C9H15N3OS/c1-6-5-8(12-9(10)11-6)14-7(2)3-4-13/h5,7,13H,3-4H2,1-2H3,(H2,10,11,12). The van der Waals surface area contributed by atoms with Crippen LogP contribution in [0.4, 0.5) is 5.95 Å². The Bertz CT molecular complexity index is 286. The SMILES string of the molecule is Cc1cc(SC(C)CCO)nc(N)n1. The number of nitrogen functional groups attached to an aromatic ring is 1. The summed E-state index contributed by atoms with van der Waals surface area (Å²) in [6, 6.07) is 1.90. The highest BCUT2D eigenvalue weighted by molar-refractivity contribution is 7.99. The minimum atomic E-state index is 0.202. The Labute approximate surface area is 88.0 Å². The zero-order valence-electron chi connectivity index (χ0n) is 8.40. The lowest BCUT2D eigenvalue weighted by molar-refractivity contribution is 0.289. The topological polar surface area (TPSA) is 72.0 Å². The average molecular weight is 213 g/mol. The fraction of sp³-hybridized carbons (Fsp3) is 0.556. The maximum absolute atomic E-state index is 8.75. The fourth-order valence-corrected chi connectivity index (χ4v) is 2.09. The number of hydrogen-bond acceptors (Lipinski definition) is 5. The maximum Gasteiger partial charge on any atom is 0.221 e. The minimum absolute atomic E-state index is 0.202. The van der Waals surface area contributed by atoms with Gasteiger partial charge in [-0.05, 0) is 19.4 Å². The summed E-state index contributed by atoms with van der Waals surface area (Å²) in [5, 5.41) is 9.97. The van der Waals surface area contributed by atoms with Crippen molar-refractivity contribution in [3.8, 4) is 0 Å². The van der Waals surface area contributed by atoms with Crippen LogP contribution in [-0.2, 0) is 0 Å². The summed E-state index contributed by atoms with van der Waals surface area (Å²) in [7, 11) is 0. The van der Waals surface area contributed by atoms with Gasteiger partial charge in [-0.3, -0.25) is 0 Å². The van der Waals surface area contributed by atoms with E-state index in [4.69, 9.17) is 10.8 Å². The van der Waals surface area contributed by atoms with E-state index in [1.54, 1.807) is 11.8 Å². The molecule has 1 atom stereocenters. The van der Waals surface area contributed by atoms with E-state index in [-0.39, 0.29) is 6.61 Å². The van der Waals surface area contributed by atoms with Crippen LogP contribution >= 0.6 is 11.8 Å². The second-order valence-electron chi connectivity index (χ2n) is 3.15. The Hall–Kier alpha value is -0.810. The van der Waals surface area contributed by atoms with Gasteiger partial charge in [-0.15, -0.1) is 11.8 Å². The zero-order valence-corrected chi connectivity index (χ0v) is 9.21. The molecular weight excluding hydrogens is 198 g/mol. The van der Waals surface area contributed by atoms with Crippen LogP contribution in [0, 0.1) is 6.92 Å². The van der Waals surface area contributed by atoms with Crippen LogP contribution in [-0.4, -0.2) is 26.9 Å². The fourth-order valence-electron chi connectivity index (χ4n) is 1.07. The highest BCUT2D eigenvalue weighted by Gasteiger charge is 2.06. The van der Waals surface area contributed by atoms with E-state index in [1.807, 2.05) is 13.0 Å². The molecule has 0 aliphatic heterocycles. The van der Waals surface area contributed by atoms with E-state index >= 15 is 0 Å². The van der Waals surface area contributed by atoms with Crippen molar-refractivity contribution in [1.82, 2.24) is 9.97 Å². The third-order valence-corrected chi connectivity index (χ3v) is 2.79. The summed E-state index contributed by atoms with van der Waals surface area (Å²) >= 11 is 1.61. The molecule has 0 aliphatic carbocycles. The molecule has 78 valence electrons. The molecule has 0 radical (unpaired) electrons. The van der Waals surface area contributed by atoms with Crippen molar-refractivity contribution in [3.05, 3.63) is 11.8 Å². The van der Waals surface area contributed by atoms with E-state index in [9.17, 15) is 0 Å². The molecule has 1 aromatic heterocycles. The van der Waals surface area contributed by atoms with Crippen molar-refractivity contribution in [2.45, 2.75) is 30.5 Å². The molecule has 0 fully saturated rings. The normalized spacial score (nSPS) is 12.8. The quantitative estimate of drug-likeness (QED) is 0.581. The first-order chi connectivity index (χ1) is 6.61. The number of aliphatic hydroxyl groups excluding tert-OH is 1. The number of hydrogen-bond donors (Lipinski definition) is 2. The van der Waals surface area contributed by atoms with Gasteiger partial charge in [0.2, 0.25) is 5.95 Å². The molecule has 0 aliphatic rings. The molecule has 4 nitrogen and oxygen atoms in total. The largest absolute Gasteiger partial charge is 0.396 e. The van der Waals surface area contributed by atoms with E-state index < -0.39 is 0 Å². The van der Waals surface area contributed by atoms with Gasteiger partial charge in [0.05, 0.1) is 0 Å². The average Bonchev–Trinajstić information content (AvgIpc) is 2.01. The van der Waals surface area contributed by atoms with Crippen LogP contribution < -0.4 is 5.73 Å². The lowest BCUT2D eigenvalue weighted by Gasteiger charge is -2.08. The zero-order chi connectivity index (χ0) is 10.6. The molecular formula is C9H15N3OS. The third kappa shape index (κ3) is 3.51. The monoisotopic (exact) mass is 213 g/mol. The van der Waals surface area contributed by atoms with Gasteiger partial charge in [0, 0.05) is 17.6 Å². The van der Waals surface area contributed by atoms with Crippen molar-refractivity contribution in [1.29, 1.82) is 0 Å². The predicted octanol–water partition coefficient (Wildman–Crippen LogP) is 1.23. The van der Waals surface area contributed by atoms with Crippen molar-refractivity contribution < 1.29 is 5.11 Å². The van der Waals surface area contributed by atoms with Gasteiger partial charge in [-0.2, -0.15) is 0 Å². The van der Waals surface area contributed by atoms with E-state index in [1.165, 1.54) is 0 Å². The molecule has 5 heteroatoms. The molecule has 0 amide bonds. The molecule has 0 saturated carbocycles. The van der Waals surface area contributed by atoms with Crippen molar-refractivity contribution in [2.24, 2.45) is 0 Å². The van der Waals surface area contributed by atoms with Crippen LogP contribution in [0.25, 0.3) is 0 Å². The Morgan fingerprint density at radius 2 is 2.29 bits per heavy atom. The van der Waals surface area contributed by atoms with Gasteiger partial charge in [-0.25, -0.2) is 9.97 Å². The van der Waals surface area contributed by atoms with Gasteiger partial charge in [-0.1, -0.05) is 6.92 Å². The second kappa shape index (κ2) is 5.17. The number of aromatic nitrogens is 2. The van der Waals surface area contributed by atoms with Gasteiger partial charge in [0.15, 0.2) is 0 Å². The lowest BCUT2D eigenvalue weighted by atomic mass is 10.3. The van der Waals surface area contributed by atoms with Crippen molar-refractivity contribution in [2.75, 3.05) is 12.3 Å². The van der Waals surface area contributed by atoms with Crippen LogP contribution in [0.3, 0.4) is 0 Å². The molecule has 0 saturated heterocycles. The first-order valence-corrected chi connectivity index (χ1v) is 5.38. The molecule has 1 rings (SSSR count). The molecule has 1 heterocycles. The smallest absolute Gasteiger partial charge is 0.221 e. The van der Waals surface area contributed by atoms with Gasteiger partial charge < -0.3 is 10.8 Å². The Morgan fingerprint density at radius 1 is 1.57 bits per heavy atom. The summed E-state index contributed by atoms with van der Waals surface area (Å²) in [4.78, 5) is 8.10. The molecule has 3 N–H and O–H groups in total. The number of aliphatic hydroxyl groups is 1. The first-order valence-electron chi connectivity index (χ1n) is 4.50. The Morgan fingerprint density at radius 3 is 2.86 bits per heavy atom. The highest BCUT2D eigenvalue weighted by atomic mass is 32.2. The summed E-state index contributed by atoms with van der Waals surface area (Å²) in [6.07, 6.45) is 0.758.